The van der Waals surface area contributed by atoms with Crippen molar-refractivity contribution in [3.05, 3.63) is 109 Å². The van der Waals surface area contributed by atoms with E-state index in [1.807, 2.05) is 31.2 Å². The summed E-state index contributed by atoms with van der Waals surface area (Å²) in [6.45, 7) is 1.87. The molecule has 4 aromatic rings. The minimum absolute atomic E-state index is 0.322. The van der Waals surface area contributed by atoms with Gasteiger partial charge in [0, 0.05) is 0 Å². The standard InChI is InChI=1S/C10H8.C7H8O.C6H6O/c1-2-6-10-8-4-3-7-9(10)5-1;1-6-4-2-3-5-7(6)8;7-6-4-2-1-3-5-6/h1-8H;2-5,8H,1H3;1-5,7H. The first-order chi connectivity index (χ1) is 12.2. The Labute approximate surface area is 148 Å². The molecule has 0 amide bonds. The molecule has 0 unspecified atom stereocenters. The molecule has 2 N–H and O–H groups in total. The second-order valence-corrected chi connectivity index (χ2v) is 5.47. The number of phenolic OH excluding ortho intramolecular Hbond substituents is 2. The molecule has 0 aliphatic carbocycles. The third-order valence-electron chi connectivity index (χ3n) is 3.53. The largest absolute Gasteiger partial charge is 0.508 e. The Morgan fingerprint density at radius 1 is 0.480 bits per heavy atom. The van der Waals surface area contributed by atoms with Crippen molar-refractivity contribution in [2.24, 2.45) is 0 Å². The normalized spacial score (nSPS) is 9.32. The Balaban J connectivity index is 0.000000138. The molecule has 4 aromatic carbocycles. The van der Waals surface area contributed by atoms with Crippen LogP contribution >= 0.6 is 0 Å². The molecule has 0 saturated carbocycles. The highest BCUT2D eigenvalue weighted by Crippen LogP contribution is 2.12. The van der Waals surface area contributed by atoms with Gasteiger partial charge in [0.2, 0.25) is 0 Å². The number of phenols is 2. The van der Waals surface area contributed by atoms with Crippen LogP contribution in [0.3, 0.4) is 0 Å². The van der Waals surface area contributed by atoms with Gasteiger partial charge in [0.25, 0.3) is 0 Å². The molecular formula is C23H22O2. The minimum Gasteiger partial charge on any atom is -0.508 e. The summed E-state index contributed by atoms with van der Waals surface area (Å²) in [7, 11) is 0. The summed E-state index contributed by atoms with van der Waals surface area (Å²) in [6, 6.07) is 32.7. The van der Waals surface area contributed by atoms with Gasteiger partial charge >= 0.3 is 0 Å². The van der Waals surface area contributed by atoms with E-state index in [-0.39, 0.29) is 0 Å². The first kappa shape index (κ1) is 18.1. The van der Waals surface area contributed by atoms with Gasteiger partial charge < -0.3 is 10.2 Å². The Bertz CT molecular complexity index is 800. The first-order valence-corrected chi connectivity index (χ1v) is 8.09. The topological polar surface area (TPSA) is 40.5 Å². The van der Waals surface area contributed by atoms with Crippen LogP contribution < -0.4 is 0 Å². The van der Waals surface area contributed by atoms with Gasteiger partial charge in [-0.2, -0.15) is 0 Å². The van der Waals surface area contributed by atoms with Gasteiger partial charge in [0.15, 0.2) is 0 Å². The molecule has 0 fully saturated rings. The fourth-order valence-electron chi connectivity index (χ4n) is 2.12. The number of hydrogen-bond donors (Lipinski definition) is 2. The number of rotatable bonds is 0. The van der Waals surface area contributed by atoms with Crippen LogP contribution in [-0.4, -0.2) is 10.2 Å². The lowest BCUT2D eigenvalue weighted by Gasteiger charge is -1.92. The van der Waals surface area contributed by atoms with Crippen LogP contribution in [0.4, 0.5) is 0 Å². The first-order valence-electron chi connectivity index (χ1n) is 8.09. The zero-order valence-corrected chi connectivity index (χ0v) is 14.2. The van der Waals surface area contributed by atoms with Crippen molar-refractivity contribution in [3.8, 4) is 11.5 Å². The maximum absolute atomic E-state index is 8.92. The van der Waals surface area contributed by atoms with Crippen molar-refractivity contribution in [1.29, 1.82) is 0 Å². The molecule has 0 radical (unpaired) electrons. The van der Waals surface area contributed by atoms with E-state index in [9.17, 15) is 0 Å². The lowest BCUT2D eigenvalue weighted by atomic mass is 10.1. The highest BCUT2D eigenvalue weighted by atomic mass is 16.3. The van der Waals surface area contributed by atoms with Gasteiger partial charge in [-0.25, -0.2) is 0 Å². The molecule has 2 heteroatoms. The summed E-state index contributed by atoms with van der Waals surface area (Å²) in [5, 5.41) is 20.2. The fraction of sp³-hybridized carbons (Fsp3) is 0.0435. The summed E-state index contributed by atoms with van der Waals surface area (Å²) in [5.74, 6) is 0.690. The van der Waals surface area contributed by atoms with Gasteiger partial charge in [-0.15, -0.1) is 0 Å². The SMILES string of the molecule is Cc1ccccc1O.Oc1ccccc1.c1ccc2ccccc2c1. The quantitative estimate of drug-likeness (QED) is 0.419. The van der Waals surface area contributed by atoms with Crippen molar-refractivity contribution in [2.45, 2.75) is 6.92 Å². The van der Waals surface area contributed by atoms with Crippen molar-refractivity contribution in [1.82, 2.24) is 0 Å². The number of fused-ring (bicyclic) bond motifs is 1. The van der Waals surface area contributed by atoms with E-state index in [4.69, 9.17) is 10.2 Å². The minimum atomic E-state index is 0.322. The molecule has 0 bridgehead atoms. The van der Waals surface area contributed by atoms with Gasteiger partial charge in [-0.3, -0.25) is 0 Å². The average Bonchev–Trinajstić information content (AvgIpc) is 2.66. The Hall–Kier alpha value is -3.26. The van der Waals surface area contributed by atoms with Crippen LogP contribution in [0.25, 0.3) is 10.8 Å². The zero-order chi connectivity index (χ0) is 17.9. The predicted octanol–water partition coefficient (Wildman–Crippen LogP) is 5.93. The van der Waals surface area contributed by atoms with Gasteiger partial charge in [-0.1, -0.05) is 84.9 Å². The number of hydrogen-bond acceptors (Lipinski definition) is 2. The predicted molar refractivity (Wildman–Crippen MR) is 105 cm³/mol. The highest BCUT2D eigenvalue weighted by Gasteiger charge is 1.87. The number of aromatic hydroxyl groups is 2. The molecular weight excluding hydrogens is 308 g/mol. The summed E-state index contributed by atoms with van der Waals surface area (Å²) < 4.78 is 0. The molecule has 4 rings (SSSR count). The Morgan fingerprint density at radius 3 is 1.20 bits per heavy atom. The van der Waals surface area contributed by atoms with Gasteiger partial charge in [0.05, 0.1) is 0 Å². The average molecular weight is 330 g/mol. The third-order valence-corrected chi connectivity index (χ3v) is 3.53. The maximum Gasteiger partial charge on any atom is 0.118 e. The monoisotopic (exact) mass is 330 g/mol. The molecule has 0 aliphatic heterocycles. The van der Waals surface area contributed by atoms with Gasteiger partial charge in [0.1, 0.15) is 11.5 Å². The second kappa shape index (κ2) is 9.78. The van der Waals surface area contributed by atoms with Crippen molar-refractivity contribution >= 4 is 10.8 Å². The van der Waals surface area contributed by atoms with Crippen molar-refractivity contribution in [2.75, 3.05) is 0 Å². The summed E-state index contributed by atoms with van der Waals surface area (Å²) in [5.41, 5.74) is 0.924. The molecule has 0 saturated heterocycles. The smallest absolute Gasteiger partial charge is 0.118 e. The zero-order valence-electron chi connectivity index (χ0n) is 14.2. The Morgan fingerprint density at radius 2 is 0.880 bits per heavy atom. The van der Waals surface area contributed by atoms with Crippen molar-refractivity contribution < 1.29 is 10.2 Å². The van der Waals surface area contributed by atoms with E-state index in [1.165, 1.54) is 10.8 Å². The molecule has 2 nitrogen and oxygen atoms in total. The van der Waals surface area contributed by atoms with E-state index in [0.29, 0.717) is 11.5 Å². The summed E-state index contributed by atoms with van der Waals surface area (Å²) in [4.78, 5) is 0. The van der Waals surface area contributed by atoms with E-state index < -0.39 is 0 Å². The van der Waals surface area contributed by atoms with Crippen LogP contribution in [0.1, 0.15) is 5.56 Å². The van der Waals surface area contributed by atoms with E-state index in [2.05, 4.69) is 48.5 Å². The second-order valence-electron chi connectivity index (χ2n) is 5.47. The van der Waals surface area contributed by atoms with E-state index >= 15 is 0 Å². The molecule has 0 heterocycles. The van der Waals surface area contributed by atoms with E-state index in [0.717, 1.165) is 5.56 Å². The number of aryl methyl sites for hydroxylation is 1. The third kappa shape index (κ3) is 6.40. The van der Waals surface area contributed by atoms with Crippen LogP contribution in [0, 0.1) is 6.92 Å². The van der Waals surface area contributed by atoms with E-state index in [1.54, 1.807) is 30.3 Å². The number of benzene rings is 4. The molecule has 0 aliphatic rings. The van der Waals surface area contributed by atoms with Crippen LogP contribution in [0.15, 0.2) is 103 Å². The molecule has 126 valence electrons. The number of para-hydroxylation sites is 2. The fourth-order valence-corrected chi connectivity index (χ4v) is 2.12. The van der Waals surface area contributed by atoms with Crippen LogP contribution in [-0.2, 0) is 0 Å². The highest BCUT2D eigenvalue weighted by molar-refractivity contribution is 5.82. The summed E-state index contributed by atoms with van der Waals surface area (Å²) in [6.07, 6.45) is 0. The van der Waals surface area contributed by atoms with Crippen LogP contribution in [0.2, 0.25) is 0 Å². The molecule has 0 spiro atoms. The molecule has 25 heavy (non-hydrogen) atoms. The maximum atomic E-state index is 8.92. The lowest BCUT2D eigenvalue weighted by molar-refractivity contribution is 0.471. The van der Waals surface area contributed by atoms with Gasteiger partial charge in [-0.05, 0) is 41.5 Å². The Kier molecular flexibility index (Phi) is 7.08. The van der Waals surface area contributed by atoms with Crippen molar-refractivity contribution in [3.63, 3.8) is 0 Å². The molecule has 0 atom stereocenters. The molecule has 0 aromatic heterocycles. The summed E-state index contributed by atoms with van der Waals surface area (Å²) >= 11 is 0. The lowest BCUT2D eigenvalue weighted by Crippen LogP contribution is -1.68. The van der Waals surface area contributed by atoms with Crippen LogP contribution in [0.5, 0.6) is 11.5 Å².